The number of hydrogen-bond acceptors (Lipinski definition) is 8. The number of nitrogens with zero attached hydrogens (tertiary/aromatic N) is 6. The monoisotopic (exact) mass is 682 g/mol. The molecule has 3 aromatic carbocycles. The van der Waals surface area contributed by atoms with Crippen LogP contribution in [0.25, 0.3) is 11.8 Å². The molecule has 8 rings (SSSR count). The van der Waals surface area contributed by atoms with Crippen molar-refractivity contribution in [3.05, 3.63) is 111 Å². The zero-order valence-electron chi connectivity index (χ0n) is 25.0. The van der Waals surface area contributed by atoms with E-state index in [1.165, 1.54) is 17.0 Å². The lowest BCUT2D eigenvalue weighted by Gasteiger charge is -2.44. The largest absolute Gasteiger partial charge is 0.494 e. The topological polar surface area (TPSA) is 102 Å². The van der Waals surface area contributed by atoms with E-state index >= 15 is 0 Å². The molecule has 0 bridgehead atoms. The van der Waals surface area contributed by atoms with Crippen LogP contribution in [0.3, 0.4) is 0 Å². The first-order valence-electron chi connectivity index (χ1n) is 14.9. The molecule has 1 atom stereocenters. The van der Waals surface area contributed by atoms with Gasteiger partial charge in [0.1, 0.15) is 29.4 Å². The summed E-state index contributed by atoms with van der Waals surface area (Å²) in [5.74, 6) is 0.662. The van der Waals surface area contributed by atoms with E-state index < -0.39 is 23.4 Å². The lowest BCUT2D eigenvalue weighted by molar-refractivity contribution is -0.120. The van der Waals surface area contributed by atoms with Crippen LogP contribution in [0, 0.1) is 18.2 Å². The molecule has 1 saturated carbocycles. The van der Waals surface area contributed by atoms with Gasteiger partial charge in [0, 0.05) is 16.6 Å². The van der Waals surface area contributed by atoms with Gasteiger partial charge in [0.05, 0.1) is 24.8 Å². The molecule has 46 heavy (non-hydrogen) atoms. The van der Waals surface area contributed by atoms with E-state index in [0.717, 1.165) is 36.1 Å². The second kappa shape index (κ2) is 10.3. The van der Waals surface area contributed by atoms with E-state index in [-0.39, 0.29) is 12.0 Å². The Morgan fingerprint density at radius 2 is 1.83 bits per heavy atom. The highest BCUT2D eigenvalue weighted by Crippen LogP contribution is 2.58. The van der Waals surface area contributed by atoms with Gasteiger partial charge in [0.2, 0.25) is 0 Å². The molecule has 1 aromatic heterocycles. The Morgan fingerprint density at radius 3 is 2.48 bits per heavy atom. The van der Waals surface area contributed by atoms with Gasteiger partial charge in [-0.15, -0.1) is 0 Å². The molecule has 4 aliphatic rings. The van der Waals surface area contributed by atoms with Crippen molar-refractivity contribution in [3.63, 3.8) is 0 Å². The fourth-order valence-corrected chi connectivity index (χ4v) is 7.42. The average molecular weight is 684 g/mol. The van der Waals surface area contributed by atoms with E-state index in [0.29, 0.717) is 45.1 Å². The number of fused-ring (bicyclic) bond motifs is 2. The van der Waals surface area contributed by atoms with E-state index in [1.807, 2.05) is 25.1 Å². The molecule has 4 aromatic rings. The lowest BCUT2D eigenvalue weighted by Crippen LogP contribution is -2.57. The summed E-state index contributed by atoms with van der Waals surface area (Å²) >= 11 is 3.55. The summed E-state index contributed by atoms with van der Waals surface area (Å²) < 4.78 is 22.2. The Hall–Kier alpha value is -4.84. The number of methoxy groups -OCH3 is 1. The van der Waals surface area contributed by atoms with Crippen molar-refractivity contribution in [2.24, 2.45) is 10.6 Å². The molecule has 10 nitrogen and oxygen atoms in total. The van der Waals surface area contributed by atoms with E-state index in [1.54, 1.807) is 48.5 Å². The third-order valence-electron chi connectivity index (χ3n) is 9.28. The number of amidine groups is 1. The van der Waals surface area contributed by atoms with Crippen molar-refractivity contribution in [1.82, 2.24) is 24.6 Å². The number of rotatable bonds is 6. The quantitative estimate of drug-likeness (QED) is 0.235. The molecule has 1 spiro atoms. The van der Waals surface area contributed by atoms with Crippen molar-refractivity contribution in [2.45, 2.75) is 31.9 Å². The smallest absolute Gasteiger partial charge is 0.261 e. The maximum Gasteiger partial charge on any atom is 0.261 e. The average Bonchev–Trinajstić information content (AvgIpc) is 3.36. The number of hydrogen-bond donors (Lipinski definition) is 0. The lowest BCUT2D eigenvalue weighted by atomic mass is 9.86. The summed E-state index contributed by atoms with van der Waals surface area (Å²) in [5.41, 5.74) is 2.45. The molecule has 2 amide bonds. The number of ether oxygens (including phenoxy) is 1. The normalized spacial score (nSPS) is 21.8. The predicted octanol–water partition coefficient (Wildman–Crippen LogP) is 5.85. The Morgan fingerprint density at radius 1 is 1.07 bits per heavy atom. The first-order valence-corrected chi connectivity index (χ1v) is 15.7. The number of amides is 2. The van der Waals surface area contributed by atoms with Crippen LogP contribution in [0.2, 0.25) is 0 Å². The number of aromatic nitrogens is 3. The van der Waals surface area contributed by atoms with Gasteiger partial charge in [-0.25, -0.2) is 14.1 Å². The third-order valence-corrected chi connectivity index (χ3v) is 9.93. The van der Waals surface area contributed by atoms with Crippen LogP contribution in [-0.4, -0.2) is 62.4 Å². The minimum absolute atomic E-state index is 0.0272. The number of imide groups is 1. The number of halogens is 2. The molecule has 232 valence electrons. The summed E-state index contributed by atoms with van der Waals surface area (Å²) in [6.07, 6.45) is 6.52. The van der Waals surface area contributed by atoms with Gasteiger partial charge in [-0.1, -0.05) is 39.3 Å². The van der Waals surface area contributed by atoms with Crippen molar-refractivity contribution in [1.29, 1.82) is 0 Å². The number of carbonyl (C=O) groups excluding carboxylic acids is 2. The molecule has 1 aliphatic carbocycles. The highest BCUT2D eigenvalue weighted by molar-refractivity contribution is 9.10. The summed E-state index contributed by atoms with van der Waals surface area (Å²) in [6.45, 7) is 2.29. The van der Waals surface area contributed by atoms with Crippen LogP contribution in [-0.2, 0) is 10.6 Å². The highest BCUT2D eigenvalue weighted by atomic mass is 79.9. The summed E-state index contributed by atoms with van der Waals surface area (Å²) in [6, 6.07) is 17.0. The van der Waals surface area contributed by atoms with Gasteiger partial charge in [0.15, 0.2) is 5.84 Å². The minimum Gasteiger partial charge on any atom is -0.494 e. The molecule has 3 aliphatic heterocycles. The van der Waals surface area contributed by atoms with Crippen LogP contribution in [0.1, 0.15) is 56.9 Å². The summed E-state index contributed by atoms with van der Waals surface area (Å²) in [5, 5.41) is 9.05. The number of carbonyl (C=O) groups is 2. The maximum atomic E-state index is 14.4. The van der Waals surface area contributed by atoms with Gasteiger partial charge in [-0.2, -0.15) is 5.10 Å². The fourth-order valence-electron chi connectivity index (χ4n) is 6.76. The number of oxime groups is 1. The molecule has 2 fully saturated rings. The zero-order valence-corrected chi connectivity index (χ0v) is 26.6. The summed E-state index contributed by atoms with van der Waals surface area (Å²) in [4.78, 5) is 41.1. The highest BCUT2D eigenvalue weighted by Gasteiger charge is 2.60. The van der Waals surface area contributed by atoms with Crippen molar-refractivity contribution in [3.8, 4) is 11.4 Å². The third kappa shape index (κ3) is 4.45. The molecular weight excluding hydrogens is 655 g/mol. The molecule has 0 radical (unpaired) electrons. The number of aryl methyl sites for hydroxylation is 1. The van der Waals surface area contributed by atoms with E-state index in [4.69, 9.17) is 9.57 Å². The molecule has 12 heteroatoms. The Kier molecular flexibility index (Phi) is 6.44. The van der Waals surface area contributed by atoms with Crippen LogP contribution in [0.5, 0.6) is 5.75 Å². The van der Waals surface area contributed by atoms with Crippen LogP contribution < -0.4 is 4.74 Å². The van der Waals surface area contributed by atoms with Gasteiger partial charge in [0.25, 0.3) is 17.5 Å². The Labute approximate surface area is 272 Å². The van der Waals surface area contributed by atoms with Crippen LogP contribution in [0.15, 0.2) is 82.2 Å². The number of benzene rings is 3. The molecule has 4 heterocycles. The van der Waals surface area contributed by atoms with E-state index in [2.05, 4.69) is 42.1 Å². The molecule has 1 saturated heterocycles. The van der Waals surface area contributed by atoms with Gasteiger partial charge >= 0.3 is 0 Å². The molecule has 0 N–H and O–H groups in total. The fraction of sp³-hybridized carbons (Fsp3) is 0.265. The van der Waals surface area contributed by atoms with Gasteiger partial charge in [-0.3, -0.25) is 14.5 Å². The Bertz CT molecular complexity index is 1980. The second-order valence-corrected chi connectivity index (χ2v) is 13.1. The van der Waals surface area contributed by atoms with Gasteiger partial charge < -0.3 is 14.5 Å². The summed E-state index contributed by atoms with van der Waals surface area (Å²) in [7, 11) is 1.62. The number of piperidine rings is 1. The standard InChI is InChI=1S/C34H28BrFN6O4/c1-20-37-19-42(38-20)28-10-7-21(14-29(28)45-2)13-22-16-33(11-12-33)17-41-30(22)39-46-34(41,26-9-8-23(36)15-27(26)35)18-40-31(43)24-5-3-4-6-25(24)32(40)44/h3-10,13-15,19H,11-12,16-18H2,1-2H3. The zero-order chi connectivity index (χ0) is 31.8. The van der Waals surface area contributed by atoms with Crippen molar-refractivity contribution < 1.29 is 23.6 Å². The van der Waals surface area contributed by atoms with Crippen molar-refractivity contribution in [2.75, 3.05) is 20.2 Å². The minimum atomic E-state index is -1.39. The predicted molar refractivity (Wildman–Crippen MR) is 170 cm³/mol. The SMILES string of the molecule is COc1cc(C=C2CC3(CC3)CN3C2=NOC3(CN2C(=O)c3ccccc3C2=O)c2ccc(F)cc2Br)ccc1-n1cnc(C)n1. The second-order valence-electron chi connectivity index (χ2n) is 12.3. The van der Waals surface area contributed by atoms with Gasteiger partial charge in [-0.05, 0) is 91.3 Å². The first kappa shape index (κ1) is 28.6. The first-order chi connectivity index (χ1) is 22.2. The van der Waals surface area contributed by atoms with Crippen molar-refractivity contribution >= 4 is 39.7 Å². The van der Waals surface area contributed by atoms with Crippen LogP contribution >= 0.6 is 15.9 Å². The molecular formula is C34H28BrFN6O4. The Balaban J connectivity index is 1.21. The van der Waals surface area contributed by atoms with E-state index in [9.17, 15) is 14.0 Å². The molecule has 1 unspecified atom stereocenters. The van der Waals surface area contributed by atoms with Crippen LogP contribution in [0.4, 0.5) is 4.39 Å². The maximum absolute atomic E-state index is 14.4.